The van der Waals surface area contributed by atoms with Gasteiger partial charge < -0.3 is 19.0 Å². The summed E-state index contributed by atoms with van der Waals surface area (Å²) in [6.45, 7) is 0. The number of aldehydes is 1. The Kier molecular flexibility index (Phi) is 4.89. The molecule has 1 rings (SSSR count). The maximum absolute atomic E-state index is 11.7. The number of carbonyl (C=O) groups excluding carboxylic acids is 2. The molecule has 6 nitrogen and oxygen atoms in total. The highest BCUT2D eigenvalue weighted by molar-refractivity contribution is 5.93. The number of rotatable bonds is 5. The molecule has 0 bridgehead atoms. The van der Waals surface area contributed by atoms with Gasteiger partial charge in [0.15, 0.2) is 11.5 Å². The average molecular weight is 263 g/mol. The first-order valence-corrected chi connectivity index (χ1v) is 5.32. The molecule has 0 saturated carbocycles. The highest BCUT2D eigenvalue weighted by Crippen LogP contribution is 2.33. The summed E-state index contributed by atoms with van der Waals surface area (Å²) in [5, 5.41) is 8.94. The van der Waals surface area contributed by atoms with Crippen LogP contribution in [-0.4, -0.2) is 33.6 Å². The van der Waals surface area contributed by atoms with Gasteiger partial charge in [0.25, 0.3) is 0 Å². The van der Waals surface area contributed by atoms with Crippen molar-refractivity contribution in [1.82, 2.24) is 0 Å². The minimum absolute atomic E-state index is 0.0961. The van der Waals surface area contributed by atoms with Crippen LogP contribution in [0.5, 0.6) is 11.5 Å². The smallest absolute Gasteiger partial charge is 0.338 e. The van der Waals surface area contributed by atoms with E-state index in [-0.39, 0.29) is 11.1 Å². The normalized spacial score (nSPS) is 11.1. The van der Waals surface area contributed by atoms with Gasteiger partial charge in [-0.1, -0.05) is 0 Å². The van der Waals surface area contributed by atoms with Gasteiger partial charge in [-0.2, -0.15) is 5.26 Å². The van der Waals surface area contributed by atoms with E-state index < -0.39 is 11.9 Å². The predicted molar refractivity (Wildman–Crippen MR) is 65.3 cm³/mol. The molecule has 0 aliphatic heterocycles. The Balaban J connectivity index is 3.53. The molecule has 0 spiro atoms. The monoisotopic (exact) mass is 263 g/mol. The van der Waals surface area contributed by atoms with Crippen LogP contribution in [0.2, 0.25) is 0 Å². The lowest BCUT2D eigenvalue weighted by molar-refractivity contribution is -0.108. The minimum Gasteiger partial charge on any atom is -0.493 e. The topological polar surface area (TPSA) is 85.6 Å². The molecule has 6 heteroatoms. The van der Waals surface area contributed by atoms with Gasteiger partial charge in [-0.3, -0.25) is 0 Å². The molecule has 100 valence electrons. The number of benzene rings is 1. The van der Waals surface area contributed by atoms with Crippen LogP contribution in [-0.2, 0) is 9.53 Å². The zero-order valence-corrected chi connectivity index (χ0v) is 10.8. The third-order valence-electron chi connectivity index (χ3n) is 2.57. The highest BCUT2D eigenvalue weighted by Gasteiger charge is 2.23. The fraction of sp³-hybridized carbons (Fsp3) is 0.308. The molecule has 1 aromatic rings. The largest absolute Gasteiger partial charge is 0.493 e. The van der Waals surface area contributed by atoms with Crippen LogP contribution in [0.1, 0.15) is 21.8 Å². The molecule has 0 N–H and O–H groups in total. The zero-order valence-electron chi connectivity index (χ0n) is 10.8. The Bertz CT molecular complexity index is 533. The van der Waals surface area contributed by atoms with Crippen molar-refractivity contribution >= 4 is 12.3 Å². The van der Waals surface area contributed by atoms with E-state index >= 15 is 0 Å². The number of carbonyl (C=O) groups is 2. The van der Waals surface area contributed by atoms with Crippen LogP contribution in [0.15, 0.2) is 12.1 Å². The summed E-state index contributed by atoms with van der Waals surface area (Å²) in [7, 11) is 4.05. The van der Waals surface area contributed by atoms with Gasteiger partial charge in [0.2, 0.25) is 0 Å². The third kappa shape index (κ3) is 2.83. The van der Waals surface area contributed by atoms with E-state index in [1.807, 2.05) is 0 Å². The van der Waals surface area contributed by atoms with Gasteiger partial charge in [-0.05, 0) is 17.7 Å². The molecule has 19 heavy (non-hydrogen) atoms. The molecular formula is C13H13NO5. The van der Waals surface area contributed by atoms with Crippen LogP contribution in [0.25, 0.3) is 0 Å². The number of nitriles is 1. The van der Waals surface area contributed by atoms with Gasteiger partial charge in [0.05, 0.1) is 33.0 Å². The number of hydrogen-bond donors (Lipinski definition) is 0. The fourth-order valence-corrected chi connectivity index (χ4v) is 1.61. The second-order valence-electron chi connectivity index (χ2n) is 3.53. The van der Waals surface area contributed by atoms with Crippen molar-refractivity contribution in [3.05, 3.63) is 23.3 Å². The van der Waals surface area contributed by atoms with Crippen LogP contribution in [0, 0.1) is 11.3 Å². The van der Waals surface area contributed by atoms with Crippen molar-refractivity contribution in [1.29, 1.82) is 5.26 Å². The summed E-state index contributed by atoms with van der Waals surface area (Å²) >= 11 is 0. The Morgan fingerprint density at radius 3 is 2.26 bits per heavy atom. The molecule has 0 radical (unpaired) electrons. The summed E-state index contributed by atoms with van der Waals surface area (Å²) in [4.78, 5) is 22.6. The Hall–Kier alpha value is -2.55. The molecule has 0 aliphatic carbocycles. The number of hydrogen-bond acceptors (Lipinski definition) is 6. The number of methoxy groups -OCH3 is 3. The molecule has 1 unspecified atom stereocenters. The second kappa shape index (κ2) is 6.40. The average Bonchev–Trinajstić information content (AvgIpc) is 2.46. The van der Waals surface area contributed by atoms with Gasteiger partial charge in [-0.25, -0.2) is 4.79 Å². The summed E-state index contributed by atoms with van der Waals surface area (Å²) < 4.78 is 14.8. The second-order valence-corrected chi connectivity index (χ2v) is 3.53. The van der Waals surface area contributed by atoms with Crippen molar-refractivity contribution in [3.8, 4) is 17.6 Å². The zero-order chi connectivity index (χ0) is 14.4. The minimum atomic E-state index is -1.08. The number of nitrogens with zero attached hydrogens (tertiary/aromatic N) is 1. The van der Waals surface area contributed by atoms with Crippen molar-refractivity contribution in [2.45, 2.75) is 5.92 Å². The van der Waals surface area contributed by atoms with Gasteiger partial charge in [-0.15, -0.1) is 0 Å². The third-order valence-corrected chi connectivity index (χ3v) is 2.57. The van der Waals surface area contributed by atoms with Crippen molar-refractivity contribution < 1.29 is 23.8 Å². The van der Waals surface area contributed by atoms with E-state index in [2.05, 4.69) is 4.74 Å². The maximum atomic E-state index is 11.7. The molecule has 0 aromatic heterocycles. The molecule has 0 fully saturated rings. The predicted octanol–water partition coefficient (Wildman–Crippen LogP) is 1.30. The molecule has 0 aliphatic rings. The van der Waals surface area contributed by atoms with Crippen molar-refractivity contribution in [2.75, 3.05) is 21.3 Å². The SMILES string of the molecule is COC(=O)c1cc(OC)c(OC)cc1C(C#N)C=O. The van der Waals surface area contributed by atoms with Crippen LogP contribution in [0.3, 0.4) is 0 Å². The highest BCUT2D eigenvalue weighted by atomic mass is 16.5. The molecule has 1 atom stereocenters. The Labute approximate surface area is 110 Å². The number of esters is 1. The molecule has 0 saturated heterocycles. The van der Waals surface area contributed by atoms with E-state index in [4.69, 9.17) is 14.7 Å². The van der Waals surface area contributed by atoms with Gasteiger partial charge >= 0.3 is 5.97 Å². The molecule has 1 aromatic carbocycles. The Morgan fingerprint density at radius 2 is 1.84 bits per heavy atom. The van der Waals surface area contributed by atoms with E-state index in [1.165, 1.54) is 33.5 Å². The molecular weight excluding hydrogens is 250 g/mol. The summed E-state index contributed by atoms with van der Waals surface area (Å²) in [6.07, 6.45) is 0.452. The summed E-state index contributed by atoms with van der Waals surface area (Å²) in [5.41, 5.74) is 0.320. The van der Waals surface area contributed by atoms with E-state index in [1.54, 1.807) is 6.07 Å². The lowest BCUT2D eigenvalue weighted by Gasteiger charge is -2.14. The maximum Gasteiger partial charge on any atom is 0.338 e. The van der Waals surface area contributed by atoms with Crippen molar-refractivity contribution in [2.24, 2.45) is 0 Å². The quantitative estimate of drug-likeness (QED) is 0.588. The van der Waals surface area contributed by atoms with Crippen LogP contribution >= 0.6 is 0 Å². The van der Waals surface area contributed by atoms with E-state index in [0.717, 1.165) is 0 Å². The lowest BCUT2D eigenvalue weighted by Crippen LogP contribution is -2.10. The van der Waals surface area contributed by atoms with Crippen molar-refractivity contribution in [3.63, 3.8) is 0 Å². The first kappa shape index (κ1) is 14.5. The van der Waals surface area contributed by atoms with Crippen LogP contribution < -0.4 is 9.47 Å². The lowest BCUT2D eigenvalue weighted by atomic mass is 9.95. The molecule has 0 heterocycles. The van der Waals surface area contributed by atoms with Crippen LogP contribution in [0.4, 0.5) is 0 Å². The first-order chi connectivity index (χ1) is 9.12. The standard InChI is InChI=1S/C13H13NO5/c1-17-11-4-9(8(6-14)7-15)10(13(16)19-3)5-12(11)18-2/h4-5,7-8H,1-3H3. The molecule has 0 amide bonds. The summed E-state index contributed by atoms with van der Waals surface area (Å²) in [6, 6.07) is 4.61. The van der Waals surface area contributed by atoms with E-state index in [0.29, 0.717) is 17.8 Å². The first-order valence-electron chi connectivity index (χ1n) is 5.32. The van der Waals surface area contributed by atoms with E-state index in [9.17, 15) is 9.59 Å². The Morgan fingerprint density at radius 1 is 1.26 bits per heavy atom. The van der Waals surface area contributed by atoms with Gasteiger partial charge in [0.1, 0.15) is 12.2 Å². The summed E-state index contributed by atoms with van der Waals surface area (Å²) in [5.74, 6) is -1.09. The number of ether oxygens (including phenoxy) is 3. The van der Waals surface area contributed by atoms with Gasteiger partial charge in [0, 0.05) is 0 Å². The fourth-order valence-electron chi connectivity index (χ4n) is 1.61.